The van der Waals surface area contributed by atoms with E-state index in [9.17, 15) is 23.2 Å². The molecule has 1 aromatic rings. The molecule has 1 fully saturated rings. The van der Waals surface area contributed by atoms with Crippen LogP contribution in [0.1, 0.15) is 31.7 Å². The Balaban J connectivity index is 1.83. The summed E-state index contributed by atoms with van der Waals surface area (Å²) in [6, 6.07) is 1.71. The van der Waals surface area contributed by atoms with E-state index < -0.39 is 29.5 Å². The van der Waals surface area contributed by atoms with Crippen molar-refractivity contribution in [3.8, 4) is 0 Å². The number of carbonyl (C=O) groups is 3. The second-order valence-corrected chi connectivity index (χ2v) is 7.17. The number of benzene rings is 1. The highest BCUT2D eigenvalue weighted by Gasteiger charge is 2.26. The van der Waals surface area contributed by atoms with E-state index in [0.29, 0.717) is 26.1 Å². The number of likely N-dealkylation sites (tertiary alicyclic amines) is 1. The van der Waals surface area contributed by atoms with Crippen LogP contribution >= 0.6 is 0 Å². The predicted molar refractivity (Wildman–Crippen MR) is 102 cm³/mol. The summed E-state index contributed by atoms with van der Waals surface area (Å²) in [7, 11) is 1.58. The van der Waals surface area contributed by atoms with Crippen LogP contribution < -0.4 is 10.6 Å². The molecule has 0 aliphatic carbocycles. The zero-order valence-electron chi connectivity index (χ0n) is 16.7. The number of rotatable bonds is 8. The van der Waals surface area contributed by atoms with Crippen LogP contribution in [0, 0.1) is 11.6 Å². The van der Waals surface area contributed by atoms with Crippen molar-refractivity contribution in [2.75, 3.05) is 26.8 Å². The van der Waals surface area contributed by atoms with Gasteiger partial charge in [-0.1, -0.05) is 0 Å². The van der Waals surface area contributed by atoms with E-state index in [1.807, 2.05) is 0 Å². The molecular weight excluding hydrogens is 384 g/mol. The molecule has 3 amide bonds. The topological polar surface area (TPSA) is 87.7 Å². The molecule has 2 atom stereocenters. The first-order valence-corrected chi connectivity index (χ1v) is 9.60. The first-order chi connectivity index (χ1) is 13.8. The van der Waals surface area contributed by atoms with Crippen LogP contribution in [0.3, 0.4) is 0 Å². The lowest BCUT2D eigenvalue weighted by atomic mass is 10.1. The van der Waals surface area contributed by atoms with Crippen molar-refractivity contribution in [2.24, 2.45) is 0 Å². The third-order valence-electron chi connectivity index (χ3n) is 4.72. The zero-order valence-corrected chi connectivity index (χ0v) is 16.7. The van der Waals surface area contributed by atoms with Crippen LogP contribution in [-0.2, 0) is 25.5 Å². The van der Waals surface area contributed by atoms with E-state index in [1.54, 1.807) is 12.0 Å². The summed E-state index contributed by atoms with van der Waals surface area (Å²) in [4.78, 5) is 38.5. The molecule has 160 valence electrons. The minimum absolute atomic E-state index is 0.0466. The molecule has 7 nitrogen and oxygen atoms in total. The number of nitrogens with zero attached hydrogens (tertiary/aromatic N) is 1. The van der Waals surface area contributed by atoms with Crippen LogP contribution in [0.4, 0.5) is 8.78 Å². The summed E-state index contributed by atoms with van der Waals surface area (Å²) < 4.78 is 31.4. The standard InChI is InChI=1S/C20H27F2N3O4/c1-13(23-18(26)10-14-8-15(21)11-16(22)9-14)20(28)24-17-4-3-5-25(6-7-29-2)19(27)12-17/h8-9,11,13,17H,3-7,10,12H2,1-2H3,(H,23,26)(H,24,28)/t13-,17?/m0/s1. The molecule has 9 heteroatoms. The lowest BCUT2D eigenvalue weighted by molar-refractivity contribution is -0.132. The van der Waals surface area contributed by atoms with Gasteiger partial charge in [0.1, 0.15) is 17.7 Å². The van der Waals surface area contributed by atoms with E-state index in [4.69, 9.17) is 4.74 Å². The molecule has 2 N–H and O–H groups in total. The van der Waals surface area contributed by atoms with E-state index in [0.717, 1.165) is 24.6 Å². The Kier molecular flexibility index (Phi) is 8.50. The van der Waals surface area contributed by atoms with Gasteiger partial charge < -0.3 is 20.3 Å². The van der Waals surface area contributed by atoms with Crippen LogP contribution in [0.2, 0.25) is 0 Å². The quantitative estimate of drug-likeness (QED) is 0.672. The minimum Gasteiger partial charge on any atom is -0.383 e. The Hall–Kier alpha value is -2.55. The first-order valence-electron chi connectivity index (χ1n) is 9.60. The average Bonchev–Trinajstić information content (AvgIpc) is 2.79. The van der Waals surface area contributed by atoms with Gasteiger partial charge in [0.05, 0.1) is 13.0 Å². The number of ether oxygens (including phenoxy) is 1. The Labute approximate surface area is 168 Å². The maximum absolute atomic E-state index is 13.2. The van der Waals surface area contributed by atoms with E-state index in [2.05, 4.69) is 10.6 Å². The van der Waals surface area contributed by atoms with Gasteiger partial charge in [-0.05, 0) is 37.5 Å². The molecule has 0 saturated carbocycles. The fraction of sp³-hybridized carbons (Fsp3) is 0.550. The summed E-state index contributed by atoms with van der Waals surface area (Å²) in [5.41, 5.74) is 0.179. The Morgan fingerprint density at radius 1 is 1.28 bits per heavy atom. The SMILES string of the molecule is COCCN1CCCC(NC(=O)[C@H](C)NC(=O)Cc2cc(F)cc(F)c2)CC1=O. The molecule has 1 heterocycles. The van der Waals surface area contributed by atoms with Gasteiger partial charge in [-0.2, -0.15) is 0 Å². The molecule has 1 unspecified atom stereocenters. The summed E-state index contributed by atoms with van der Waals surface area (Å²) in [5.74, 6) is -2.52. The number of nitrogens with one attached hydrogen (secondary N) is 2. The van der Waals surface area contributed by atoms with Crippen molar-refractivity contribution in [3.63, 3.8) is 0 Å². The molecule has 0 aromatic heterocycles. The van der Waals surface area contributed by atoms with Crippen LogP contribution in [0.15, 0.2) is 18.2 Å². The molecule has 0 bridgehead atoms. The van der Waals surface area contributed by atoms with Crippen molar-refractivity contribution in [3.05, 3.63) is 35.4 Å². The van der Waals surface area contributed by atoms with Crippen LogP contribution in [0.25, 0.3) is 0 Å². The van der Waals surface area contributed by atoms with Gasteiger partial charge in [-0.3, -0.25) is 14.4 Å². The Bertz CT molecular complexity index is 724. The number of carbonyl (C=O) groups excluding carboxylic acids is 3. The lowest BCUT2D eigenvalue weighted by Crippen LogP contribution is -2.49. The lowest BCUT2D eigenvalue weighted by Gasteiger charge is -2.21. The highest BCUT2D eigenvalue weighted by molar-refractivity contribution is 5.88. The zero-order chi connectivity index (χ0) is 21.4. The monoisotopic (exact) mass is 411 g/mol. The maximum Gasteiger partial charge on any atom is 0.242 e. The van der Waals surface area contributed by atoms with Gasteiger partial charge in [0.2, 0.25) is 17.7 Å². The summed E-state index contributed by atoms with van der Waals surface area (Å²) in [6.07, 6.45) is 1.36. The van der Waals surface area contributed by atoms with Crippen LogP contribution in [0.5, 0.6) is 0 Å². The molecule has 29 heavy (non-hydrogen) atoms. The van der Waals surface area contributed by atoms with Crippen molar-refractivity contribution < 1.29 is 27.9 Å². The maximum atomic E-state index is 13.2. The fourth-order valence-corrected chi connectivity index (χ4v) is 3.24. The summed E-state index contributed by atoms with van der Waals surface area (Å²) in [6.45, 7) is 3.11. The van der Waals surface area contributed by atoms with Crippen molar-refractivity contribution >= 4 is 17.7 Å². The molecular formula is C20H27F2N3O4. The summed E-state index contributed by atoms with van der Waals surface area (Å²) in [5, 5.41) is 5.31. The van der Waals surface area contributed by atoms with Crippen molar-refractivity contribution in [2.45, 2.75) is 44.7 Å². The third-order valence-corrected chi connectivity index (χ3v) is 4.72. The van der Waals surface area contributed by atoms with Gasteiger partial charge in [0.25, 0.3) is 0 Å². The molecule has 0 spiro atoms. The van der Waals surface area contributed by atoms with Gasteiger partial charge in [0.15, 0.2) is 0 Å². The Morgan fingerprint density at radius 3 is 2.62 bits per heavy atom. The van der Waals surface area contributed by atoms with Gasteiger partial charge in [-0.15, -0.1) is 0 Å². The van der Waals surface area contributed by atoms with Crippen molar-refractivity contribution in [1.82, 2.24) is 15.5 Å². The second-order valence-electron chi connectivity index (χ2n) is 7.17. The second kappa shape index (κ2) is 10.8. The minimum atomic E-state index is -0.844. The molecule has 1 aliphatic heterocycles. The molecule has 1 aromatic carbocycles. The third kappa shape index (κ3) is 7.41. The van der Waals surface area contributed by atoms with E-state index in [-0.39, 0.29) is 30.4 Å². The number of hydrogen-bond donors (Lipinski definition) is 2. The van der Waals surface area contributed by atoms with Gasteiger partial charge in [0, 0.05) is 38.7 Å². The molecule has 2 rings (SSSR count). The summed E-state index contributed by atoms with van der Waals surface area (Å²) >= 11 is 0. The molecule has 1 saturated heterocycles. The number of methoxy groups -OCH3 is 1. The van der Waals surface area contributed by atoms with Crippen molar-refractivity contribution in [1.29, 1.82) is 0 Å². The largest absolute Gasteiger partial charge is 0.383 e. The first kappa shape index (κ1) is 22.7. The average molecular weight is 411 g/mol. The highest BCUT2D eigenvalue weighted by Crippen LogP contribution is 2.13. The normalized spacial score (nSPS) is 18.1. The highest BCUT2D eigenvalue weighted by atomic mass is 19.1. The van der Waals surface area contributed by atoms with Gasteiger partial charge in [-0.25, -0.2) is 8.78 Å². The molecule has 0 radical (unpaired) electrons. The number of hydrogen-bond acceptors (Lipinski definition) is 4. The van der Waals surface area contributed by atoms with E-state index >= 15 is 0 Å². The Morgan fingerprint density at radius 2 is 1.97 bits per heavy atom. The van der Waals surface area contributed by atoms with E-state index in [1.165, 1.54) is 6.92 Å². The number of halogens is 2. The fourth-order valence-electron chi connectivity index (χ4n) is 3.24. The van der Waals surface area contributed by atoms with Crippen LogP contribution in [-0.4, -0.2) is 61.5 Å². The smallest absolute Gasteiger partial charge is 0.242 e. The van der Waals surface area contributed by atoms with Gasteiger partial charge >= 0.3 is 0 Å². The molecule has 1 aliphatic rings. The predicted octanol–water partition coefficient (Wildman–Crippen LogP) is 1.16. The number of amides is 3.